The molecule has 0 unspecified atom stereocenters. The van der Waals surface area contributed by atoms with Crippen LogP contribution in [0.25, 0.3) is 6.08 Å². The molecule has 1 aromatic carbocycles. The highest BCUT2D eigenvalue weighted by atomic mass is 16.3. The highest BCUT2D eigenvalue weighted by Crippen LogP contribution is 2.17. The first-order chi connectivity index (χ1) is 7.34. The molecule has 1 aromatic rings. The molecule has 0 spiro atoms. The molecule has 0 amide bonds. The van der Waals surface area contributed by atoms with Crippen molar-refractivity contribution in [1.29, 1.82) is 0 Å². The van der Waals surface area contributed by atoms with Gasteiger partial charge in [-0.2, -0.15) is 0 Å². The predicted octanol–water partition coefficient (Wildman–Crippen LogP) is 4.38. The average Bonchev–Trinajstić information content (AvgIpc) is 2.25. The van der Waals surface area contributed by atoms with E-state index >= 15 is 0 Å². The summed E-state index contributed by atoms with van der Waals surface area (Å²) >= 11 is 0. The van der Waals surface area contributed by atoms with Crippen molar-refractivity contribution < 1.29 is 5.11 Å². The lowest BCUT2D eigenvalue weighted by atomic mass is 10.1. The van der Waals surface area contributed by atoms with Gasteiger partial charge >= 0.3 is 0 Å². The van der Waals surface area contributed by atoms with Crippen molar-refractivity contribution in [2.75, 3.05) is 0 Å². The maximum absolute atomic E-state index is 9.50. The first kappa shape index (κ1) is 11.8. The van der Waals surface area contributed by atoms with E-state index in [0.29, 0.717) is 5.75 Å². The smallest absolute Gasteiger partial charge is 0.122 e. The van der Waals surface area contributed by atoms with Gasteiger partial charge < -0.3 is 5.11 Å². The third-order valence-electron chi connectivity index (χ3n) is 2.46. The molecule has 1 heteroatoms. The molecule has 0 heterocycles. The highest BCUT2D eigenvalue weighted by molar-refractivity contribution is 5.56. The zero-order valence-electron chi connectivity index (χ0n) is 9.45. The van der Waals surface area contributed by atoms with Crippen molar-refractivity contribution in [2.24, 2.45) is 0 Å². The Labute approximate surface area is 92.5 Å². The molecular formula is C14H20O. The maximum Gasteiger partial charge on any atom is 0.122 e. The Hall–Kier alpha value is -1.24. The SMILES string of the molecule is CCCCCC/C=C\c1ccccc1O. The minimum atomic E-state index is 0.363. The topological polar surface area (TPSA) is 20.2 Å². The third-order valence-corrected chi connectivity index (χ3v) is 2.46. The number of para-hydroxylation sites is 1. The summed E-state index contributed by atoms with van der Waals surface area (Å²) in [6.07, 6.45) is 10.4. The molecule has 0 aromatic heterocycles. The van der Waals surface area contributed by atoms with Gasteiger partial charge in [0.05, 0.1) is 0 Å². The number of unbranched alkanes of at least 4 members (excludes halogenated alkanes) is 4. The summed E-state index contributed by atoms with van der Waals surface area (Å²) in [6, 6.07) is 7.43. The molecule has 0 saturated heterocycles. The fraction of sp³-hybridized carbons (Fsp3) is 0.429. The molecule has 0 radical (unpaired) electrons. The summed E-state index contributed by atoms with van der Waals surface area (Å²) in [4.78, 5) is 0. The van der Waals surface area contributed by atoms with E-state index in [-0.39, 0.29) is 0 Å². The lowest BCUT2D eigenvalue weighted by molar-refractivity contribution is 0.474. The van der Waals surface area contributed by atoms with Gasteiger partial charge in [-0.05, 0) is 18.9 Å². The molecule has 0 aliphatic heterocycles. The Balaban J connectivity index is 2.29. The van der Waals surface area contributed by atoms with E-state index in [4.69, 9.17) is 0 Å². The van der Waals surface area contributed by atoms with Gasteiger partial charge in [0.1, 0.15) is 5.75 Å². The Kier molecular flexibility index (Phi) is 5.60. The van der Waals surface area contributed by atoms with Crippen LogP contribution >= 0.6 is 0 Å². The van der Waals surface area contributed by atoms with Crippen LogP contribution in [0.3, 0.4) is 0 Å². The van der Waals surface area contributed by atoms with E-state index in [9.17, 15) is 5.11 Å². The molecule has 0 bridgehead atoms. The number of hydrogen-bond acceptors (Lipinski definition) is 1. The number of phenolic OH excluding ortho intramolecular Hbond substituents is 1. The highest BCUT2D eigenvalue weighted by Gasteiger charge is 1.92. The first-order valence-corrected chi connectivity index (χ1v) is 5.79. The summed E-state index contributed by atoms with van der Waals surface area (Å²) in [5.41, 5.74) is 0.910. The van der Waals surface area contributed by atoms with E-state index in [1.165, 1.54) is 25.7 Å². The molecule has 1 nitrogen and oxygen atoms in total. The van der Waals surface area contributed by atoms with Gasteiger partial charge in [0.15, 0.2) is 0 Å². The third kappa shape index (κ3) is 4.68. The van der Waals surface area contributed by atoms with Gasteiger partial charge in [-0.15, -0.1) is 0 Å². The number of rotatable bonds is 6. The van der Waals surface area contributed by atoms with Crippen molar-refractivity contribution in [3.63, 3.8) is 0 Å². The molecule has 0 saturated carbocycles. The molecule has 0 aliphatic carbocycles. The van der Waals surface area contributed by atoms with Crippen LogP contribution in [0, 0.1) is 0 Å². The summed E-state index contributed by atoms with van der Waals surface area (Å²) in [6.45, 7) is 2.22. The van der Waals surface area contributed by atoms with Crippen molar-refractivity contribution >= 4 is 6.08 Å². The average molecular weight is 204 g/mol. The predicted molar refractivity (Wildman–Crippen MR) is 65.9 cm³/mol. The lowest BCUT2D eigenvalue weighted by Crippen LogP contribution is -1.75. The molecule has 1 rings (SSSR count). The Morgan fingerprint density at radius 3 is 2.67 bits per heavy atom. The molecule has 82 valence electrons. The van der Waals surface area contributed by atoms with E-state index < -0.39 is 0 Å². The summed E-state index contributed by atoms with van der Waals surface area (Å²) in [5.74, 6) is 0.363. The molecule has 15 heavy (non-hydrogen) atoms. The van der Waals surface area contributed by atoms with Crippen LogP contribution in [0.1, 0.15) is 44.6 Å². The number of allylic oxidation sites excluding steroid dienone is 1. The quantitative estimate of drug-likeness (QED) is 0.682. The minimum absolute atomic E-state index is 0.363. The Bertz CT molecular complexity index is 302. The van der Waals surface area contributed by atoms with E-state index in [1.54, 1.807) is 6.07 Å². The van der Waals surface area contributed by atoms with Crippen LogP contribution < -0.4 is 0 Å². The van der Waals surface area contributed by atoms with Gasteiger partial charge in [-0.3, -0.25) is 0 Å². The van der Waals surface area contributed by atoms with Crippen molar-refractivity contribution in [1.82, 2.24) is 0 Å². The zero-order valence-corrected chi connectivity index (χ0v) is 9.45. The van der Waals surface area contributed by atoms with Gasteiger partial charge in [0.2, 0.25) is 0 Å². The number of aromatic hydroxyl groups is 1. The van der Waals surface area contributed by atoms with Gasteiger partial charge in [0, 0.05) is 5.56 Å². The first-order valence-electron chi connectivity index (χ1n) is 5.79. The van der Waals surface area contributed by atoms with Crippen molar-refractivity contribution in [3.05, 3.63) is 35.9 Å². The Morgan fingerprint density at radius 1 is 1.13 bits per heavy atom. The minimum Gasteiger partial charge on any atom is -0.507 e. The van der Waals surface area contributed by atoms with Crippen LogP contribution in [0.15, 0.2) is 30.3 Å². The van der Waals surface area contributed by atoms with Crippen molar-refractivity contribution in [3.8, 4) is 5.75 Å². The molecule has 0 atom stereocenters. The van der Waals surface area contributed by atoms with Gasteiger partial charge in [0.25, 0.3) is 0 Å². The summed E-state index contributed by atoms with van der Waals surface area (Å²) in [7, 11) is 0. The van der Waals surface area contributed by atoms with E-state index in [2.05, 4.69) is 13.0 Å². The standard InChI is InChI=1S/C14H20O/c1-2-3-4-5-6-7-10-13-11-8-9-12-14(13)15/h7-12,15H,2-6H2,1H3/b10-7-. The second-order valence-corrected chi connectivity index (χ2v) is 3.81. The van der Waals surface area contributed by atoms with E-state index in [1.807, 2.05) is 24.3 Å². The van der Waals surface area contributed by atoms with E-state index in [0.717, 1.165) is 12.0 Å². The fourth-order valence-electron chi connectivity index (χ4n) is 1.53. The number of hydrogen-bond donors (Lipinski definition) is 1. The lowest BCUT2D eigenvalue weighted by Gasteiger charge is -1.97. The monoisotopic (exact) mass is 204 g/mol. The van der Waals surface area contributed by atoms with Gasteiger partial charge in [-0.25, -0.2) is 0 Å². The normalized spacial score (nSPS) is 11.0. The molecule has 0 aliphatic rings. The Morgan fingerprint density at radius 2 is 1.93 bits per heavy atom. The zero-order chi connectivity index (χ0) is 10.9. The second kappa shape index (κ2) is 7.10. The van der Waals surface area contributed by atoms with Crippen LogP contribution in [0.5, 0.6) is 5.75 Å². The largest absolute Gasteiger partial charge is 0.507 e. The second-order valence-electron chi connectivity index (χ2n) is 3.81. The maximum atomic E-state index is 9.50. The van der Waals surface area contributed by atoms with Crippen LogP contribution in [0.4, 0.5) is 0 Å². The van der Waals surface area contributed by atoms with Crippen LogP contribution in [-0.4, -0.2) is 5.11 Å². The fourth-order valence-corrected chi connectivity index (χ4v) is 1.53. The molecule has 1 N–H and O–H groups in total. The summed E-state index contributed by atoms with van der Waals surface area (Å²) in [5, 5.41) is 9.50. The number of benzene rings is 1. The van der Waals surface area contributed by atoms with Gasteiger partial charge in [-0.1, -0.05) is 56.5 Å². The summed E-state index contributed by atoms with van der Waals surface area (Å²) < 4.78 is 0. The van der Waals surface area contributed by atoms with Crippen molar-refractivity contribution in [2.45, 2.75) is 39.0 Å². The van der Waals surface area contributed by atoms with Crippen LogP contribution in [-0.2, 0) is 0 Å². The van der Waals surface area contributed by atoms with Crippen LogP contribution in [0.2, 0.25) is 0 Å². The number of phenols is 1. The molecule has 0 fully saturated rings. The molecular weight excluding hydrogens is 184 g/mol.